The minimum absolute atomic E-state index is 0.00324. The van der Waals surface area contributed by atoms with Gasteiger partial charge in [-0.1, -0.05) is 43.2 Å². The Kier molecular flexibility index (Phi) is 8.67. The van der Waals surface area contributed by atoms with Crippen molar-refractivity contribution in [3.8, 4) is 0 Å². The second-order valence-electron chi connectivity index (χ2n) is 11.2. The molecule has 0 aliphatic heterocycles. The van der Waals surface area contributed by atoms with Crippen LogP contribution in [0.1, 0.15) is 107 Å². The van der Waals surface area contributed by atoms with Gasteiger partial charge in [0.05, 0.1) is 0 Å². The first kappa shape index (κ1) is 23.8. The third-order valence-electron chi connectivity index (χ3n) is 9.36. The minimum Gasteiger partial charge on any atom is -0.207 e. The number of rotatable bonds is 8. The summed E-state index contributed by atoms with van der Waals surface area (Å²) in [5.74, 6) is 5.37. The highest BCUT2D eigenvalue weighted by atomic mass is 19.1. The van der Waals surface area contributed by atoms with Gasteiger partial charge < -0.3 is 0 Å². The van der Waals surface area contributed by atoms with Gasteiger partial charge in [0.25, 0.3) is 0 Å². The van der Waals surface area contributed by atoms with Crippen LogP contribution in [0.5, 0.6) is 0 Å². The van der Waals surface area contributed by atoms with E-state index in [9.17, 15) is 4.39 Å². The van der Waals surface area contributed by atoms with Crippen LogP contribution < -0.4 is 0 Å². The average molecular weight is 437 g/mol. The summed E-state index contributed by atoms with van der Waals surface area (Å²) >= 11 is 0. The molecule has 4 unspecified atom stereocenters. The Labute approximate surface area is 196 Å². The number of fused-ring (bicyclic) bond motifs is 1. The fourth-order valence-electron chi connectivity index (χ4n) is 7.38. The first-order valence-electron chi connectivity index (χ1n) is 13.7. The summed E-state index contributed by atoms with van der Waals surface area (Å²) < 4.78 is 14.6. The molecule has 0 amide bonds. The highest BCUT2D eigenvalue weighted by molar-refractivity contribution is 5.28. The Balaban J connectivity index is 1.26. The fraction of sp³-hybridized carbons (Fsp3) is 0.677. The van der Waals surface area contributed by atoms with Gasteiger partial charge in [-0.3, -0.25) is 0 Å². The molecule has 0 aromatic heterocycles. The Bertz CT molecular complexity index is 754. The molecular formula is C31H45F. The van der Waals surface area contributed by atoms with E-state index in [4.69, 9.17) is 0 Å². The number of hydrogen-bond donors (Lipinski definition) is 0. The van der Waals surface area contributed by atoms with E-state index in [0.29, 0.717) is 5.92 Å². The SMILES string of the molecule is C=CCCc1ccc(C2CCC3CC(C4CCC(CC/C=C/C)CC4)CCC3C2)cc1F. The van der Waals surface area contributed by atoms with Crippen molar-refractivity contribution in [3.63, 3.8) is 0 Å². The van der Waals surface area contributed by atoms with E-state index >= 15 is 0 Å². The molecule has 0 saturated heterocycles. The number of allylic oxidation sites excluding steroid dienone is 3. The van der Waals surface area contributed by atoms with Gasteiger partial charge in [-0.15, -0.1) is 6.58 Å². The van der Waals surface area contributed by atoms with Crippen LogP contribution in [0, 0.1) is 35.4 Å². The van der Waals surface area contributed by atoms with E-state index in [1.54, 1.807) is 0 Å². The fourth-order valence-corrected chi connectivity index (χ4v) is 7.38. The second-order valence-corrected chi connectivity index (χ2v) is 11.2. The van der Waals surface area contributed by atoms with E-state index in [0.717, 1.165) is 48.0 Å². The van der Waals surface area contributed by atoms with Crippen molar-refractivity contribution >= 4 is 0 Å². The van der Waals surface area contributed by atoms with Crippen LogP contribution in [0.2, 0.25) is 0 Å². The smallest absolute Gasteiger partial charge is 0.126 e. The molecule has 4 atom stereocenters. The van der Waals surface area contributed by atoms with E-state index in [-0.39, 0.29) is 5.82 Å². The van der Waals surface area contributed by atoms with E-state index in [1.165, 1.54) is 82.6 Å². The third-order valence-corrected chi connectivity index (χ3v) is 9.36. The van der Waals surface area contributed by atoms with Gasteiger partial charge in [-0.2, -0.15) is 0 Å². The summed E-state index contributed by atoms with van der Waals surface area (Å²) in [7, 11) is 0. The van der Waals surface area contributed by atoms with Crippen molar-refractivity contribution in [2.45, 2.75) is 103 Å². The lowest BCUT2D eigenvalue weighted by Gasteiger charge is -2.45. The quantitative estimate of drug-likeness (QED) is 0.356. The molecule has 0 radical (unpaired) electrons. The molecule has 0 nitrogen and oxygen atoms in total. The summed E-state index contributed by atoms with van der Waals surface area (Å²) in [4.78, 5) is 0. The Morgan fingerprint density at radius 1 is 0.875 bits per heavy atom. The zero-order valence-corrected chi connectivity index (χ0v) is 20.4. The summed E-state index contributed by atoms with van der Waals surface area (Å²) in [6, 6.07) is 6.10. The highest BCUT2D eigenvalue weighted by Crippen LogP contribution is 2.51. The molecule has 0 heterocycles. The molecule has 1 aromatic carbocycles. The van der Waals surface area contributed by atoms with Crippen molar-refractivity contribution in [1.29, 1.82) is 0 Å². The number of halogens is 1. The summed E-state index contributed by atoms with van der Waals surface area (Å²) in [5, 5.41) is 0. The van der Waals surface area contributed by atoms with Crippen LogP contribution in [0.4, 0.5) is 4.39 Å². The summed E-state index contributed by atoms with van der Waals surface area (Å²) in [6.07, 6.45) is 24.9. The number of aryl methyl sites for hydroxylation is 1. The molecule has 3 aliphatic rings. The standard InChI is InChI=1S/C31H45F/c1-3-5-7-8-23-10-12-24(13-11-23)26-16-17-28-21-29(19-18-27(28)20-26)30-15-14-25(9-6-4-2)31(32)22-30/h3-5,14-15,22-24,26-29H,2,6-13,16-21H2,1H3/b5-3+. The summed E-state index contributed by atoms with van der Waals surface area (Å²) in [5.41, 5.74) is 2.10. The molecule has 0 bridgehead atoms. The maximum absolute atomic E-state index is 14.6. The molecule has 4 rings (SSSR count). The lowest BCUT2D eigenvalue weighted by Crippen LogP contribution is -2.34. The predicted octanol–water partition coefficient (Wildman–Crippen LogP) is 9.41. The first-order chi connectivity index (χ1) is 15.7. The summed E-state index contributed by atoms with van der Waals surface area (Å²) in [6.45, 7) is 5.90. The molecule has 0 spiro atoms. The van der Waals surface area contributed by atoms with E-state index in [2.05, 4.69) is 31.7 Å². The van der Waals surface area contributed by atoms with Gasteiger partial charge >= 0.3 is 0 Å². The van der Waals surface area contributed by atoms with Gasteiger partial charge in [0, 0.05) is 0 Å². The number of hydrogen-bond acceptors (Lipinski definition) is 0. The molecule has 32 heavy (non-hydrogen) atoms. The van der Waals surface area contributed by atoms with Crippen LogP contribution >= 0.6 is 0 Å². The van der Waals surface area contributed by atoms with Gasteiger partial charge in [0.15, 0.2) is 0 Å². The Morgan fingerprint density at radius 3 is 2.28 bits per heavy atom. The third kappa shape index (κ3) is 5.95. The maximum Gasteiger partial charge on any atom is 0.126 e. The molecule has 1 aromatic rings. The zero-order valence-electron chi connectivity index (χ0n) is 20.4. The molecule has 3 fully saturated rings. The lowest BCUT2D eigenvalue weighted by atomic mass is 9.60. The zero-order chi connectivity index (χ0) is 22.3. The van der Waals surface area contributed by atoms with Crippen LogP contribution in [0.25, 0.3) is 0 Å². The van der Waals surface area contributed by atoms with Crippen LogP contribution in [-0.4, -0.2) is 0 Å². The van der Waals surface area contributed by atoms with Crippen LogP contribution in [0.3, 0.4) is 0 Å². The van der Waals surface area contributed by atoms with Gasteiger partial charge in [-0.25, -0.2) is 4.39 Å². The number of benzene rings is 1. The van der Waals surface area contributed by atoms with Gasteiger partial charge in [-0.05, 0) is 137 Å². The van der Waals surface area contributed by atoms with Crippen molar-refractivity contribution in [2.75, 3.05) is 0 Å². The molecular weight excluding hydrogens is 391 g/mol. The highest BCUT2D eigenvalue weighted by Gasteiger charge is 2.39. The topological polar surface area (TPSA) is 0 Å². The first-order valence-corrected chi connectivity index (χ1v) is 13.7. The largest absolute Gasteiger partial charge is 0.207 e. The molecule has 3 saturated carbocycles. The maximum atomic E-state index is 14.6. The van der Waals surface area contributed by atoms with Crippen molar-refractivity contribution in [3.05, 3.63) is 60.0 Å². The molecule has 3 aliphatic carbocycles. The van der Waals surface area contributed by atoms with E-state index in [1.807, 2.05) is 18.2 Å². The van der Waals surface area contributed by atoms with Gasteiger partial charge in [0.1, 0.15) is 5.82 Å². The van der Waals surface area contributed by atoms with Crippen LogP contribution in [0.15, 0.2) is 43.0 Å². The average Bonchev–Trinajstić information content (AvgIpc) is 2.83. The Morgan fingerprint density at radius 2 is 1.56 bits per heavy atom. The lowest BCUT2D eigenvalue weighted by molar-refractivity contribution is 0.0713. The molecule has 1 heteroatoms. The van der Waals surface area contributed by atoms with Crippen LogP contribution in [-0.2, 0) is 6.42 Å². The predicted molar refractivity (Wildman–Crippen MR) is 135 cm³/mol. The van der Waals surface area contributed by atoms with Crippen molar-refractivity contribution in [2.24, 2.45) is 29.6 Å². The van der Waals surface area contributed by atoms with Crippen molar-refractivity contribution in [1.82, 2.24) is 0 Å². The molecule has 176 valence electrons. The second kappa shape index (κ2) is 11.7. The van der Waals surface area contributed by atoms with Gasteiger partial charge in [0.2, 0.25) is 0 Å². The van der Waals surface area contributed by atoms with E-state index < -0.39 is 0 Å². The van der Waals surface area contributed by atoms with Crippen molar-refractivity contribution < 1.29 is 4.39 Å². The monoisotopic (exact) mass is 436 g/mol. The normalized spacial score (nSPS) is 33.2. The molecule has 0 N–H and O–H groups in total. The minimum atomic E-state index is -0.00324. The Hall–Kier alpha value is -1.37.